The van der Waals surface area contributed by atoms with Gasteiger partial charge in [-0.1, -0.05) is 0 Å². The van der Waals surface area contributed by atoms with Gasteiger partial charge in [0.15, 0.2) is 0 Å². The van der Waals surface area contributed by atoms with Crippen molar-refractivity contribution in [2.45, 2.75) is 12.8 Å². The number of nitrogens with one attached hydrogen (secondary N) is 1. The van der Waals surface area contributed by atoms with E-state index in [0.717, 1.165) is 25.9 Å². The molecular formula is C8H15F2N. The van der Waals surface area contributed by atoms with Crippen molar-refractivity contribution in [3.05, 3.63) is 0 Å². The van der Waals surface area contributed by atoms with Gasteiger partial charge in [-0.15, -0.1) is 0 Å². The molecule has 0 spiro atoms. The maximum absolute atomic E-state index is 12.2. The maximum Gasteiger partial charge on any atom is 0.0950 e. The zero-order valence-corrected chi connectivity index (χ0v) is 6.65. The molecule has 0 aromatic rings. The Bertz CT molecular complexity index is 98.3. The number of hydrogen-bond donors (Lipinski definition) is 1. The summed E-state index contributed by atoms with van der Waals surface area (Å²) in [5.74, 6) is -0.137. The van der Waals surface area contributed by atoms with Crippen molar-refractivity contribution in [2.24, 2.45) is 11.8 Å². The van der Waals surface area contributed by atoms with Crippen LogP contribution in [-0.2, 0) is 0 Å². The summed E-state index contributed by atoms with van der Waals surface area (Å²) in [6.45, 7) is 0.770. The van der Waals surface area contributed by atoms with Crippen LogP contribution in [0.15, 0.2) is 0 Å². The van der Waals surface area contributed by atoms with Gasteiger partial charge in [-0.25, -0.2) is 0 Å². The second kappa shape index (κ2) is 4.65. The van der Waals surface area contributed by atoms with Gasteiger partial charge in [0.05, 0.1) is 13.3 Å². The van der Waals surface area contributed by atoms with Gasteiger partial charge in [0.25, 0.3) is 0 Å². The van der Waals surface area contributed by atoms with Gasteiger partial charge in [-0.3, -0.25) is 8.78 Å². The van der Waals surface area contributed by atoms with E-state index < -0.39 is 13.3 Å². The van der Waals surface area contributed by atoms with Crippen LogP contribution in [-0.4, -0.2) is 26.4 Å². The Labute approximate surface area is 66.2 Å². The molecule has 1 rings (SSSR count). The van der Waals surface area contributed by atoms with Gasteiger partial charge in [0.2, 0.25) is 0 Å². The Kier molecular flexibility index (Phi) is 3.77. The van der Waals surface area contributed by atoms with Crippen LogP contribution in [0.2, 0.25) is 0 Å². The zero-order chi connectivity index (χ0) is 8.10. The average Bonchev–Trinajstić information content (AvgIpc) is 2.09. The van der Waals surface area contributed by atoms with E-state index in [0.29, 0.717) is 0 Å². The van der Waals surface area contributed by atoms with Crippen molar-refractivity contribution in [1.29, 1.82) is 0 Å². The topological polar surface area (TPSA) is 12.0 Å². The Morgan fingerprint density at radius 3 is 2.55 bits per heavy atom. The minimum atomic E-state index is -0.511. The van der Waals surface area contributed by atoms with Crippen molar-refractivity contribution in [1.82, 2.24) is 5.32 Å². The first kappa shape index (κ1) is 8.91. The predicted molar refractivity (Wildman–Crippen MR) is 41.0 cm³/mol. The van der Waals surface area contributed by atoms with E-state index in [1.54, 1.807) is 0 Å². The van der Waals surface area contributed by atoms with Crippen LogP contribution in [0.25, 0.3) is 0 Å². The van der Waals surface area contributed by atoms with Gasteiger partial charge < -0.3 is 5.32 Å². The second-order valence-electron chi connectivity index (χ2n) is 3.18. The van der Waals surface area contributed by atoms with Gasteiger partial charge in [-0.2, -0.15) is 0 Å². The molecule has 0 saturated carbocycles. The van der Waals surface area contributed by atoms with Crippen LogP contribution in [0, 0.1) is 11.8 Å². The summed E-state index contributed by atoms with van der Waals surface area (Å²) < 4.78 is 24.3. The number of hydrogen-bond acceptors (Lipinski definition) is 1. The standard InChI is InChI=1S/C8H15F2N/c9-4-8(5-10)7-2-1-3-11-6-7/h7-8,11H,1-6H2. The molecule has 1 unspecified atom stereocenters. The number of rotatable bonds is 3. The maximum atomic E-state index is 12.2. The first-order chi connectivity index (χ1) is 5.38. The summed E-state index contributed by atoms with van der Waals surface area (Å²) >= 11 is 0. The first-order valence-electron chi connectivity index (χ1n) is 4.21. The second-order valence-corrected chi connectivity index (χ2v) is 3.18. The number of alkyl halides is 2. The lowest BCUT2D eigenvalue weighted by Crippen LogP contribution is -2.35. The molecule has 66 valence electrons. The molecule has 1 aliphatic rings. The van der Waals surface area contributed by atoms with Crippen LogP contribution in [0.5, 0.6) is 0 Å². The molecule has 11 heavy (non-hydrogen) atoms. The van der Waals surface area contributed by atoms with E-state index >= 15 is 0 Å². The fourth-order valence-electron chi connectivity index (χ4n) is 1.57. The Morgan fingerprint density at radius 2 is 2.09 bits per heavy atom. The summed E-state index contributed by atoms with van der Waals surface area (Å²) in [5.41, 5.74) is 0. The highest BCUT2D eigenvalue weighted by molar-refractivity contribution is 4.75. The lowest BCUT2D eigenvalue weighted by molar-refractivity contribution is 0.180. The largest absolute Gasteiger partial charge is 0.316 e. The van der Waals surface area contributed by atoms with E-state index in [4.69, 9.17) is 0 Å². The van der Waals surface area contributed by atoms with Crippen LogP contribution < -0.4 is 5.32 Å². The molecular weight excluding hydrogens is 148 g/mol. The number of halogens is 2. The van der Waals surface area contributed by atoms with Gasteiger partial charge in [0, 0.05) is 5.92 Å². The normalized spacial score (nSPS) is 25.9. The summed E-state index contributed by atoms with van der Waals surface area (Å²) in [6, 6.07) is 0. The molecule has 3 heteroatoms. The highest BCUT2D eigenvalue weighted by Gasteiger charge is 2.22. The number of piperidine rings is 1. The SMILES string of the molecule is FCC(CF)C1CCCNC1. The molecule has 1 atom stereocenters. The molecule has 1 aliphatic heterocycles. The fourth-order valence-corrected chi connectivity index (χ4v) is 1.57. The molecule has 1 saturated heterocycles. The van der Waals surface area contributed by atoms with Crippen LogP contribution in [0.3, 0.4) is 0 Å². The Morgan fingerprint density at radius 1 is 1.36 bits per heavy atom. The van der Waals surface area contributed by atoms with Crippen molar-refractivity contribution in [2.75, 3.05) is 26.4 Å². The third-order valence-electron chi connectivity index (χ3n) is 2.40. The lowest BCUT2D eigenvalue weighted by Gasteiger charge is -2.27. The van der Waals surface area contributed by atoms with E-state index in [1.165, 1.54) is 0 Å². The molecule has 1 N–H and O–H groups in total. The minimum Gasteiger partial charge on any atom is -0.316 e. The summed E-state index contributed by atoms with van der Waals surface area (Å²) in [4.78, 5) is 0. The van der Waals surface area contributed by atoms with Crippen molar-refractivity contribution in [3.63, 3.8) is 0 Å². The third-order valence-corrected chi connectivity index (χ3v) is 2.40. The monoisotopic (exact) mass is 163 g/mol. The zero-order valence-electron chi connectivity index (χ0n) is 6.65. The smallest absolute Gasteiger partial charge is 0.0950 e. The van der Waals surface area contributed by atoms with E-state index in [-0.39, 0.29) is 11.8 Å². The Balaban J connectivity index is 2.30. The molecule has 1 nitrogen and oxygen atoms in total. The van der Waals surface area contributed by atoms with Crippen molar-refractivity contribution < 1.29 is 8.78 Å². The minimum absolute atomic E-state index is 0.221. The fraction of sp³-hybridized carbons (Fsp3) is 1.00. The van der Waals surface area contributed by atoms with Gasteiger partial charge >= 0.3 is 0 Å². The van der Waals surface area contributed by atoms with Gasteiger partial charge in [-0.05, 0) is 31.8 Å². The van der Waals surface area contributed by atoms with Crippen molar-refractivity contribution >= 4 is 0 Å². The van der Waals surface area contributed by atoms with Crippen LogP contribution in [0.1, 0.15) is 12.8 Å². The average molecular weight is 163 g/mol. The van der Waals surface area contributed by atoms with E-state index in [2.05, 4.69) is 5.32 Å². The predicted octanol–water partition coefficient (Wildman–Crippen LogP) is 1.54. The third kappa shape index (κ3) is 2.40. The summed E-state index contributed by atoms with van der Waals surface area (Å²) in [7, 11) is 0. The molecule has 1 heterocycles. The lowest BCUT2D eigenvalue weighted by atomic mass is 9.88. The van der Waals surface area contributed by atoms with E-state index in [1.807, 2.05) is 0 Å². The summed E-state index contributed by atoms with van der Waals surface area (Å²) in [6.07, 6.45) is 2.03. The molecule has 1 fully saturated rings. The molecule has 0 radical (unpaired) electrons. The molecule has 0 bridgehead atoms. The van der Waals surface area contributed by atoms with E-state index in [9.17, 15) is 8.78 Å². The van der Waals surface area contributed by atoms with Crippen molar-refractivity contribution in [3.8, 4) is 0 Å². The Hall–Kier alpha value is -0.180. The molecule has 0 aromatic carbocycles. The van der Waals surface area contributed by atoms with Crippen LogP contribution >= 0.6 is 0 Å². The quantitative estimate of drug-likeness (QED) is 0.665. The van der Waals surface area contributed by atoms with Gasteiger partial charge in [0.1, 0.15) is 0 Å². The first-order valence-corrected chi connectivity index (χ1v) is 4.21. The molecule has 0 aromatic heterocycles. The highest BCUT2D eigenvalue weighted by Crippen LogP contribution is 2.20. The molecule has 0 amide bonds. The highest BCUT2D eigenvalue weighted by atomic mass is 19.1. The summed E-state index contributed by atoms with van der Waals surface area (Å²) in [5, 5.41) is 3.15. The molecule has 0 aliphatic carbocycles. The van der Waals surface area contributed by atoms with Crippen LogP contribution in [0.4, 0.5) is 8.78 Å².